The second-order valence-electron chi connectivity index (χ2n) is 6.16. The van der Waals surface area contributed by atoms with Gasteiger partial charge in [-0.2, -0.15) is 0 Å². The average Bonchev–Trinajstić information content (AvgIpc) is 3.19. The van der Waals surface area contributed by atoms with Gasteiger partial charge in [0.15, 0.2) is 0 Å². The van der Waals surface area contributed by atoms with Crippen molar-refractivity contribution in [3.8, 4) is 0 Å². The van der Waals surface area contributed by atoms with E-state index in [9.17, 15) is 9.59 Å². The van der Waals surface area contributed by atoms with E-state index in [0.29, 0.717) is 17.7 Å². The molecule has 0 aliphatic heterocycles. The fourth-order valence-corrected chi connectivity index (χ4v) is 3.75. The third kappa shape index (κ3) is 4.52. The second kappa shape index (κ2) is 8.77. The molecule has 0 fully saturated rings. The molecule has 5 nitrogen and oxygen atoms in total. The first-order chi connectivity index (χ1) is 13.1. The number of ether oxygens (including phenoxy) is 2. The lowest BCUT2D eigenvalue weighted by Gasteiger charge is -2.13. The normalized spacial score (nSPS) is 10.7. The molecule has 2 aromatic heterocycles. The van der Waals surface area contributed by atoms with Gasteiger partial charge in [0.05, 0.1) is 23.9 Å². The number of hydrogen-bond donors (Lipinski definition) is 0. The molecular weight excluding hydrogens is 362 g/mol. The van der Waals surface area contributed by atoms with Crippen LogP contribution in [0.3, 0.4) is 0 Å². The van der Waals surface area contributed by atoms with E-state index in [0.717, 1.165) is 29.3 Å². The van der Waals surface area contributed by atoms with Crippen molar-refractivity contribution in [2.75, 3.05) is 7.11 Å². The van der Waals surface area contributed by atoms with Gasteiger partial charge in [-0.1, -0.05) is 24.3 Å². The smallest absolute Gasteiger partial charge is 0.340 e. The summed E-state index contributed by atoms with van der Waals surface area (Å²) >= 11 is 1.68. The maximum atomic E-state index is 12.2. The van der Waals surface area contributed by atoms with E-state index in [1.54, 1.807) is 11.3 Å². The van der Waals surface area contributed by atoms with E-state index in [-0.39, 0.29) is 12.6 Å². The number of fused-ring (bicyclic) bond motifs is 1. The molecule has 3 aromatic rings. The quantitative estimate of drug-likeness (QED) is 0.564. The number of benzene rings is 1. The zero-order valence-corrected chi connectivity index (χ0v) is 16.2. The maximum Gasteiger partial charge on any atom is 0.340 e. The molecule has 0 aliphatic rings. The van der Waals surface area contributed by atoms with E-state index < -0.39 is 5.97 Å². The van der Waals surface area contributed by atoms with Crippen molar-refractivity contribution in [1.29, 1.82) is 0 Å². The van der Waals surface area contributed by atoms with Gasteiger partial charge in [-0.3, -0.25) is 4.79 Å². The van der Waals surface area contributed by atoms with Crippen LogP contribution in [0, 0.1) is 6.92 Å². The molecule has 0 amide bonds. The van der Waals surface area contributed by atoms with Gasteiger partial charge in [-0.25, -0.2) is 9.78 Å². The third-order valence-corrected chi connectivity index (χ3v) is 5.31. The Balaban J connectivity index is 1.71. The van der Waals surface area contributed by atoms with Gasteiger partial charge < -0.3 is 9.47 Å². The topological polar surface area (TPSA) is 65.5 Å². The van der Waals surface area contributed by atoms with Crippen LogP contribution < -0.4 is 0 Å². The molecule has 0 unspecified atom stereocenters. The van der Waals surface area contributed by atoms with Crippen LogP contribution >= 0.6 is 11.3 Å². The van der Waals surface area contributed by atoms with E-state index >= 15 is 0 Å². The fourth-order valence-electron chi connectivity index (χ4n) is 3.00. The Morgan fingerprint density at radius 1 is 1.15 bits per heavy atom. The largest absolute Gasteiger partial charge is 0.465 e. The number of rotatable bonds is 7. The van der Waals surface area contributed by atoms with Gasteiger partial charge in [0.1, 0.15) is 6.61 Å². The molecule has 1 aromatic carbocycles. The summed E-state index contributed by atoms with van der Waals surface area (Å²) in [5.74, 6) is -0.774. The molecule has 0 saturated heterocycles. The van der Waals surface area contributed by atoms with E-state index in [4.69, 9.17) is 9.47 Å². The SMILES string of the molecule is COC(=O)c1c(COC(=O)CCCc2cccs2)nc2ccccc2c1C. The fraction of sp³-hybridized carbons (Fsp3) is 0.286. The summed E-state index contributed by atoms with van der Waals surface area (Å²) in [4.78, 5) is 30.1. The number of pyridine rings is 1. The van der Waals surface area contributed by atoms with E-state index in [1.165, 1.54) is 12.0 Å². The number of thiophene rings is 1. The molecule has 3 rings (SSSR count). The Bertz CT molecular complexity index is 950. The van der Waals surface area contributed by atoms with Crippen LogP contribution in [0.15, 0.2) is 41.8 Å². The Kier molecular flexibility index (Phi) is 6.19. The number of hydrogen-bond acceptors (Lipinski definition) is 6. The molecule has 0 spiro atoms. The second-order valence-corrected chi connectivity index (χ2v) is 7.19. The zero-order chi connectivity index (χ0) is 19.2. The number of nitrogens with zero attached hydrogens (tertiary/aromatic N) is 1. The van der Waals surface area contributed by atoms with Gasteiger partial charge in [0.2, 0.25) is 0 Å². The van der Waals surface area contributed by atoms with Crippen molar-refractivity contribution < 1.29 is 19.1 Å². The van der Waals surface area contributed by atoms with Crippen LogP contribution in [0.1, 0.15) is 39.3 Å². The molecule has 0 saturated carbocycles. The van der Waals surface area contributed by atoms with Crippen LogP contribution in [0.2, 0.25) is 0 Å². The van der Waals surface area contributed by atoms with Crippen molar-refractivity contribution in [1.82, 2.24) is 4.98 Å². The summed E-state index contributed by atoms with van der Waals surface area (Å²) in [6.07, 6.45) is 1.92. The minimum Gasteiger partial charge on any atom is -0.465 e. The lowest BCUT2D eigenvalue weighted by atomic mass is 10.0. The lowest BCUT2D eigenvalue weighted by Crippen LogP contribution is -2.14. The van der Waals surface area contributed by atoms with Gasteiger partial charge in [-0.05, 0) is 42.8 Å². The molecule has 140 valence electrons. The van der Waals surface area contributed by atoms with E-state index in [1.807, 2.05) is 42.6 Å². The Morgan fingerprint density at radius 2 is 1.96 bits per heavy atom. The number of carbonyl (C=O) groups excluding carboxylic acids is 2. The van der Waals surface area contributed by atoms with Crippen LogP contribution in [0.5, 0.6) is 0 Å². The Hall–Kier alpha value is -2.73. The molecule has 0 radical (unpaired) electrons. The highest BCUT2D eigenvalue weighted by atomic mass is 32.1. The number of aromatic nitrogens is 1. The molecule has 0 bridgehead atoms. The van der Waals surface area contributed by atoms with Gasteiger partial charge in [0, 0.05) is 16.7 Å². The van der Waals surface area contributed by atoms with Crippen LogP contribution in [-0.4, -0.2) is 24.0 Å². The molecule has 27 heavy (non-hydrogen) atoms. The van der Waals surface area contributed by atoms with Crippen molar-refractivity contribution in [2.45, 2.75) is 32.8 Å². The molecule has 2 heterocycles. The molecule has 0 aliphatic carbocycles. The first-order valence-electron chi connectivity index (χ1n) is 8.74. The minimum absolute atomic E-state index is 0.0477. The summed E-state index contributed by atoms with van der Waals surface area (Å²) in [6, 6.07) is 11.6. The van der Waals surface area contributed by atoms with Gasteiger partial charge >= 0.3 is 11.9 Å². The highest BCUT2D eigenvalue weighted by Gasteiger charge is 2.20. The van der Waals surface area contributed by atoms with Crippen LogP contribution in [0.25, 0.3) is 10.9 Å². The monoisotopic (exact) mass is 383 g/mol. The standard InChI is InChI=1S/C21H21NO4S/c1-14-16-9-3-4-10-17(16)22-18(20(14)21(24)25-2)13-26-19(23)11-5-7-15-8-6-12-27-15/h3-4,6,8-10,12H,5,7,11,13H2,1-2H3. The number of methoxy groups -OCH3 is 1. The highest BCUT2D eigenvalue weighted by molar-refractivity contribution is 7.09. The Morgan fingerprint density at radius 3 is 2.70 bits per heavy atom. The minimum atomic E-state index is -0.477. The summed E-state index contributed by atoms with van der Waals surface area (Å²) in [5, 5.41) is 2.90. The summed E-state index contributed by atoms with van der Waals surface area (Å²) in [6.45, 7) is 1.80. The van der Waals surface area contributed by atoms with Crippen molar-refractivity contribution in [3.05, 3.63) is 63.5 Å². The average molecular weight is 383 g/mol. The zero-order valence-electron chi connectivity index (χ0n) is 15.4. The number of aryl methyl sites for hydroxylation is 2. The summed E-state index contributed by atoms with van der Waals surface area (Å²) in [5.41, 5.74) is 2.31. The maximum absolute atomic E-state index is 12.2. The first kappa shape index (κ1) is 19.0. The molecular formula is C21H21NO4S. The predicted molar refractivity (Wildman–Crippen MR) is 105 cm³/mol. The molecule has 6 heteroatoms. The predicted octanol–water partition coefficient (Wildman–Crippen LogP) is 4.46. The summed E-state index contributed by atoms with van der Waals surface area (Å²) < 4.78 is 10.3. The van der Waals surface area contributed by atoms with E-state index in [2.05, 4.69) is 11.1 Å². The van der Waals surface area contributed by atoms with Crippen molar-refractivity contribution >= 4 is 34.2 Å². The van der Waals surface area contributed by atoms with Gasteiger partial charge in [0.25, 0.3) is 0 Å². The first-order valence-corrected chi connectivity index (χ1v) is 9.62. The highest BCUT2D eigenvalue weighted by Crippen LogP contribution is 2.24. The van der Waals surface area contributed by atoms with Crippen LogP contribution in [0.4, 0.5) is 0 Å². The van der Waals surface area contributed by atoms with Crippen LogP contribution in [-0.2, 0) is 27.3 Å². The van der Waals surface area contributed by atoms with Gasteiger partial charge in [-0.15, -0.1) is 11.3 Å². The Labute approximate surface area is 161 Å². The van der Waals surface area contributed by atoms with Crippen molar-refractivity contribution in [2.24, 2.45) is 0 Å². The van der Waals surface area contributed by atoms with Crippen molar-refractivity contribution in [3.63, 3.8) is 0 Å². The third-order valence-electron chi connectivity index (χ3n) is 4.37. The molecule has 0 atom stereocenters. The number of esters is 2. The number of para-hydroxylation sites is 1. The number of carbonyl (C=O) groups is 2. The lowest BCUT2D eigenvalue weighted by molar-refractivity contribution is -0.145. The molecule has 0 N–H and O–H groups in total. The summed E-state index contributed by atoms with van der Waals surface area (Å²) in [7, 11) is 1.33.